The van der Waals surface area contributed by atoms with Gasteiger partial charge in [0.25, 0.3) is 0 Å². The first-order valence-electron chi connectivity index (χ1n) is 5.57. The molecule has 4 heteroatoms. The van der Waals surface area contributed by atoms with Crippen LogP contribution >= 0.6 is 0 Å². The van der Waals surface area contributed by atoms with Gasteiger partial charge in [-0.05, 0) is 37.1 Å². The van der Waals surface area contributed by atoms with Gasteiger partial charge < -0.3 is 4.74 Å². The van der Waals surface area contributed by atoms with Crippen molar-refractivity contribution in [3.63, 3.8) is 0 Å². The summed E-state index contributed by atoms with van der Waals surface area (Å²) in [7, 11) is 0. The van der Waals surface area contributed by atoms with Crippen molar-refractivity contribution in [2.75, 3.05) is 6.61 Å². The van der Waals surface area contributed by atoms with Gasteiger partial charge in [0.05, 0.1) is 12.2 Å². The molecule has 1 aromatic rings. The fourth-order valence-electron chi connectivity index (χ4n) is 1.08. The predicted octanol–water partition coefficient (Wildman–Crippen LogP) is 2.99. The van der Waals surface area contributed by atoms with Crippen LogP contribution in [-0.2, 0) is 9.78 Å². The molecule has 4 nitrogen and oxygen atoms in total. The molecule has 0 saturated carbocycles. The average Bonchev–Trinajstić information content (AvgIpc) is 2.30. The van der Waals surface area contributed by atoms with Gasteiger partial charge in [0, 0.05) is 0 Å². The van der Waals surface area contributed by atoms with Crippen molar-refractivity contribution in [1.29, 1.82) is 0 Å². The quantitative estimate of drug-likeness (QED) is 0.563. The number of carbonyl (C=O) groups is 1. The lowest BCUT2D eigenvalue weighted by atomic mass is 10.2. The molecule has 17 heavy (non-hydrogen) atoms. The van der Waals surface area contributed by atoms with Gasteiger partial charge in [0.15, 0.2) is 0 Å². The van der Waals surface area contributed by atoms with Gasteiger partial charge in [-0.25, -0.2) is 4.79 Å². The molecule has 0 saturated heterocycles. The molecule has 0 aliphatic carbocycles. The Balaban J connectivity index is 2.46. The fourth-order valence-corrected chi connectivity index (χ4v) is 1.08. The average molecular weight is 237 g/mol. The number of hydrogen-bond acceptors (Lipinski definition) is 4. The first kappa shape index (κ1) is 13.5. The van der Waals surface area contributed by atoms with E-state index in [0.29, 0.717) is 12.2 Å². The second kappa shape index (κ2) is 6.91. The Kier molecular flexibility index (Phi) is 5.49. The van der Waals surface area contributed by atoms with Crippen LogP contribution in [0, 0.1) is 12.5 Å². The van der Waals surface area contributed by atoms with E-state index in [1.165, 1.54) is 6.61 Å². The highest BCUT2D eigenvalue weighted by atomic mass is 17.2. The van der Waals surface area contributed by atoms with E-state index < -0.39 is 5.97 Å². The number of rotatable bonds is 6. The summed E-state index contributed by atoms with van der Waals surface area (Å²) in [4.78, 5) is 20.8. The molecule has 0 atom stereocenters. The molecular weight excluding hydrogens is 220 g/mol. The Hall–Kier alpha value is -1.55. The van der Waals surface area contributed by atoms with Gasteiger partial charge in [-0.3, -0.25) is 4.89 Å². The molecule has 0 unspecified atom stereocenters. The van der Waals surface area contributed by atoms with E-state index in [0.717, 1.165) is 5.75 Å². The van der Waals surface area contributed by atoms with Crippen LogP contribution in [0.5, 0.6) is 5.75 Å². The van der Waals surface area contributed by atoms with Crippen LogP contribution < -0.4 is 4.74 Å². The molecule has 0 bridgehead atoms. The van der Waals surface area contributed by atoms with E-state index in [2.05, 4.69) is 9.78 Å². The zero-order chi connectivity index (χ0) is 12.7. The Bertz CT molecular complexity index is 343. The summed E-state index contributed by atoms with van der Waals surface area (Å²) < 4.78 is 5.26. The molecule has 0 aliphatic heterocycles. The van der Waals surface area contributed by atoms with Crippen LogP contribution in [0.4, 0.5) is 0 Å². The summed E-state index contributed by atoms with van der Waals surface area (Å²) in [6.07, 6.45) is 0. The maximum atomic E-state index is 11.5. The van der Waals surface area contributed by atoms with Crippen LogP contribution in [0.15, 0.2) is 24.3 Å². The fraction of sp³-hybridized carbons (Fsp3) is 0.385. The Labute approximate surface area is 101 Å². The highest BCUT2D eigenvalue weighted by Crippen LogP contribution is 2.13. The molecule has 0 N–H and O–H groups in total. The summed E-state index contributed by atoms with van der Waals surface area (Å²) in [5, 5.41) is 0. The molecular formula is C13H17O4. The summed E-state index contributed by atoms with van der Waals surface area (Å²) in [5.41, 5.74) is 0.422. The van der Waals surface area contributed by atoms with Crippen molar-refractivity contribution in [2.45, 2.75) is 20.8 Å². The van der Waals surface area contributed by atoms with Crippen LogP contribution in [0.2, 0.25) is 0 Å². The lowest BCUT2D eigenvalue weighted by molar-refractivity contribution is -0.217. The van der Waals surface area contributed by atoms with E-state index in [1.807, 2.05) is 20.8 Å². The maximum absolute atomic E-state index is 11.5. The molecule has 0 aromatic heterocycles. The normalized spacial score (nSPS) is 10.4. The number of carbonyl (C=O) groups excluding carboxylic acids is 1. The maximum Gasteiger partial charge on any atom is 0.373 e. The molecule has 1 aromatic carbocycles. The van der Waals surface area contributed by atoms with Gasteiger partial charge in [0.2, 0.25) is 0 Å². The Morgan fingerprint density at radius 2 is 1.94 bits per heavy atom. The molecule has 93 valence electrons. The third-order valence-corrected chi connectivity index (χ3v) is 1.85. The molecule has 0 fully saturated rings. The van der Waals surface area contributed by atoms with Gasteiger partial charge >= 0.3 is 5.97 Å². The second-order valence-electron chi connectivity index (χ2n) is 3.80. The third-order valence-electron chi connectivity index (χ3n) is 1.85. The smallest absolute Gasteiger partial charge is 0.373 e. The van der Waals surface area contributed by atoms with E-state index in [1.54, 1.807) is 24.3 Å². The number of ether oxygens (including phenoxy) is 1. The number of benzene rings is 1. The molecule has 0 heterocycles. The monoisotopic (exact) mass is 237 g/mol. The van der Waals surface area contributed by atoms with E-state index >= 15 is 0 Å². The first-order valence-corrected chi connectivity index (χ1v) is 5.57. The summed E-state index contributed by atoms with van der Waals surface area (Å²) in [6, 6.07) is 6.69. The highest BCUT2D eigenvalue weighted by Gasteiger charge is 2.09. The SMILES string of the molecule is CCOc1ccc(C(=O)OO[CH]C(C)C)cc1. The van der Waals surface area contributed by atoms with E-state index in [4.69, 9.17) is 4.74 Å². The minimum atomic E-state index is -0.523. The predicted molar refractivity (Wildman–Crippen MR) is 63.2 cm³/mol. The van der Waals surface area contributed by atoms with Crippen molar-refractivity contribution in [1.82, 2.24) is 0 Å². The zero-order valence-corrected chi connectivity index (χ0v) is 10.3. The van der Waals surface area contributed by atoms with Gasteiger partial charge in [-0.1, -0.05) is 13.8 Å². The van der Waals surface area contributed by atoms with Gasteiger partial charge in [-0.15, -0.1) is 0 Å². The van der Waals surface area contributed by atoms with Crippen LogP contribution in [0.1, 0.15) is 31.1 Å². The summed E-state index contributed by atoms with van der Waals surface area (Å²) >= 11 is 0. The lowest BCUT2D eigenvalue weighted by Gasteiger charge is -2.06. The molecule has 1 rings (SSSR count). The Morgan fingerprint density at radius 3 is 2.47 bits per heavy atom. The topological polar surface area (TPSA) is 44.8 Å². The largest absolute Gasteiger partial charge is 0.494 e. The van der Waals surface area contributed by atoms with Crippen molar-refractivity contribution in [2.24, 2.45) is 5.92 Å². The molecule has 0 spiro atoms. The van der Waals surface area contributed by atoms with Gasteiger partial charge in [0.1, 0.15) is 12.4 Å². The van der Waals surface area contributed by atoms with Crippen molar-refractivity contribution < 1.29 is 19.3 Å². The minimum Gasteiger partial charge on any atom is -0.494 e. The Morgan fingerprint density at radius 1 is 1.29 bits per heavy atom. The van der Waals surface area contributed by atoms with E-state index in [-0.39, 0.29) is 5.92 Å². The summed E-state index contributed by atoms with van der Waals surface area (Å²) in [5.74, 6) is 0.395. The van der Waals surface area contributed by atoms with Gasteiger partial charge in [-0.2, -0.15) is 4.89 Å². The van der Waals surface area contributed by atoms with Crippen molar-refractivity contribution in [3.05, 3.63) is 36.4 Å². The zero-order valence-electron chi connectivity index (χ0n) is 10.3. The second-order valence-corrected chi connectivity index (χ2v) is 3.80. The van der Waals surface area contributed by atoms with Crippen molar-refractivity contribution >= 4 is 5.97 Å². The van der Waals surface area contributed by atoms with Crippen LogP contribution in [0.25, 0.3) is 0 Å². The summed E-state index contributed by atoms with van der Waals surface area (Å²) in [6.45, 7) is 7.79. The lowest BCUT2D eigenvalue weighted by Crippen LogP contribution is -2.06. The molecule has 1 radical (unpaired) electrons. The van der Waals surface area contributed by atoms with E-state index in [9.17, 15) is 4.79 Å². The van der Waals surface area contributed by atoms with Crippen molar-refractivity contribution in [3.8, 4) is 5.75 Å². The standard InChI is InChI=1S/C13H17O4/c1-4-15-12-7-5-11(6-8-12)13(14)17-16-9-10(2)3/h5-10H,4H2,1-3H3. The molecule has 0 amide bonds. The number of hydrogen-bond donors (Lipinski definition) is 0. The third kappa shape index (κ3) is 4.87. The van der Waals surface area contributed by atoms with Crippen LogP contribution in [0.3, 0.4) is 0 Å². The first-order chi connectivity index (χ1) is 8.13. The minimum absolute atomic E-state index is 0.197. The molecule has 0 aliphatic rings. The van der Waals surface area contributed by atoms with Crippen LogP contribution in [-0.4, -0.2) is 12.6 Å². The highest BCUT2D eigenvalue weighted by molar-refractivity contribution is 5.89.